The first-order chi connectivity index (χ1) is 13.4. The van der Waals surface area contributed by atoms with E-state index < -0.39 is 0 Å². The molecular weight excluding hydrogens is 533 g/mol. The Bertz CT molecular complexity index is 1090. The highest BCUT2D eigenvalue weighted by Crippen LogP contribution is 2.22. The van der Waals surface area contributed by atoms with E-state index in [2.05, 4.69) is 57.5 Å². The van der Waals surface area contributed by atoms with Crippen molar-refractivity contribution >= 4 is 55.6 Å². The van der Waals surface area contributed by atoms with Gasteiger partial charge in [-0.15, -0.1) is 0 Å². The van der Waals surface area contributed by atoms with Crippen LogP contribution >= 0.6 is 38.5 Å². The zero-order chi connectivity index (χ0) is 20.3. The van der Waals surface area contributed by atoms with E-state index in [9.17, 15) is 4.79 Å². The molecule has 0 spiro atoms. The highest BCUT2D eigenvalue weighted by molar-refractivity contribution is 14.1. The molecule has 5 nitrogen and oxygen atoms in total. The third-order valence-electron chi connectivity index (χ3n) is 4.46. The van der Waals surface area contributed by atoms with Gasteiger partial charge in [-0.25, -0.2) is 4.98 Å². The standard InChI is InChI=1S/C21H21BrIN3O2/c1-4-13(3)20-25-18-8-7-15(22)11-16(18)21(27)26(20)24-12-14-6-9-19(28-5-2)17(23)10-14/h6-13H,4-5H2,1-3H3/t13-/m0/s1. The van der Waals surface area contributed by atoms with Gasteiger partial charge in [-0.05, 0) is 77.9 Å². The maximum absolute atomic E-state index is 13.1. The van der Waals surface area contributed by atoms with E-state index in [-0.39, 0.29) is 11.5 Å². The molecule has 0 saturated carbocycles. The van der Waals surface area contributed by atoms with Gasteiger partial charge in [-0.1, -0.05) is 29.8 Å². The molecule has 0 aliphatic carbocycles. The Morgan fingerprint density at radius 1 is 1.29 bits per heavy atom. The monoisotopic (exact) mass is 553 g/mol. The average Bonchev–Trinajstić information content (AvgIpc) is 2.69. The molecule has 0 saturated heterocycles. The Kier molecular flexibility index (Phi) is 6.87. The minimum Gasteiger partial charge on any atom is -0.493 e. The van der Waals surface area contributed by atoms with Crippen molar-refractivity contribution in [3.05, 3.63) is 66.2 Å². The molecule has 7 heteroatoms. The highest BCUT2D eigenvalue weighted by atomic mass is 127. The summed E-state index contributed by atoms with van der Waals surface area (Å²) in [5.41, 5.74) is 1.41. The largest absolute Gasteiger partial charge is 0.493 e. The van der Waals surface area contributed by atoms with Crippen molar-refractivity contribution in [1.29, 1.82) is 0 Å². The Morgan fingerprint density at radius 2 is 2.07 bits per heavy atom. The predicted molar refractivity (Wildman–Crippen MR) is 126 cm³/mol. The minimum absolute atomic E-state index is 0.110. The van der Waals surface area contributed by atoms with Crippen LogP contribution in [0.3, 0.4) is 0 Å². The molecule has 0 N–H and O–H groups in total. The van der Waals surface area contributed by atoms with Crippen molar-refractivity contribution in [2.75, 3.05) is 6.61 Å². The van der Waals surface area contributed by atoms with Crippen molar-refractivity contribution in [3.8, 4) is 5.75 Å². The summed E-state index contributed by atoms with van der Waals surface area (Å²) >= 11 is 5.66. The van der Waals surface area contributed by atoms with Crippen LogP contribution in [0, 0.1) is 3.57 Å². The van der Waals surface area contributed by atoms with E-state index in [0.29, 0.717) is 23.3 Å². The molecule has 28 heavy (non-hydrogen) atoms. The van der Waals surface area contributed by atoms with Crippen molar-refractivity contribution < 1.29 is 4.74 Å². The fourth-order valence-electron chi connectivity index (χ4n) is 2.77. The summed E-state index contributed by atoms with van der Waals surface area (Å²) in [5, 5.41) is 5.04. The number of benzene rings is 2. The lowest BCUT2D eigenvalue weighted by Crippen LogP contribution is -2.23. The van der Waals surface area contributed by atoms with E-state index in [1.807, 2.05) is 37.3 Å². The smallest absolute Gasteiger partial charge is 0.282 e. The summed E-state index contributed by atoms with van der Waals surface area (Å²) < 4.78 is 8.84. The van der Waals surface area contributed by atoms with Gasteiger partial charge in [0.15, 0.2) is 0 Å². The molecule has 0 aliphatic heterocycles. The van der Waals surface area contributed by atoms with Crippen molar-refractivity contribution in [3.63, 3.8) is 0 Å². The summed E-state index contributed by atoms with van der Waals surface area (Å²) in [5.74, 6) is 1.62. The Hall–Kier alpha value is -1.74. The Morgan fingerprint density at radius 3 is 2.75 bits per heavy atom. The van der Waals surface area contributed by atoms with Crippen LogP contribution in [0.15, 0.2) is 50.8 Å². The maximum Gasteiger partial charge on any atom is 0.282 e. The summed E-state index contributed by atoms with van der Waals surface area (Å²) in [4.78, 5) is 17.8. The van der Waals surface area contributed by atoms with Crippen LogP contribution in [0.4, 0.5) is 0 Å². The topological polar surface area (TPSA) is 56.5 Å². The zero-order valence-electron chi connectivity index (χ0n) is 15.9. The lowest BCUT2D eigenvalue weighted by atomic mass is 10.1. The van der Waals surface area contributed by atoms with Crippen molar-refractivity contribution in [1.82, 2.24) is 9.66 Å². The number of fused-ring (bicyclic) bond motifs is 1. The zero-order valence-corrected chi connectivity index (χ0v) is 19.7. The summed E-state index contributed by atoms with van der Waals surface area (Å²) in [6.07, 6.45) is 2.56. The van der Waals surface area contributed by atoms with E-state index in [0.717, 1.165) is 25.8 Å². The molecule has 3 rings (SSSR count). The summed E-state index contributed by atoms with van der Waals surface area (Å²) in [7, 11) is 0. The fourth-order valence-corrected chi connectivity index (χ4v) is 3.83. The third kappa shape index (κ3) is 4.46. The van der Waals surface area contributed by atoms with E-state index in [4.69, 9.17) is 9.72 Å². The second-order valence-corrected chi connectivity index (χ2v) is 8.50. The minimum atomic E-state index is -0.168. The van der Waals surface area contributed by atoms with E-state index in [1.54, 1.807) is 12.3 Å². The maximum atomic E-state index is 13.1. The molecule has 1 aromatic heterocycles. The molecule has 1 heterocycles. The van der Waals surface area contributed by atoms with Crippen LogP contribution in [0.1, 0.15) is 44.5 Å². The Balaban J connectivity index is 2.10. The average molecular weight is 554 g/mol. The van der Waals surface area contributed by atoms with Crippen molar-refractivity contribution in [2.24, 2.45) is 5.10 Å². The second-order valence-electron chi connectivity index (χ2n) is 6.43. The van der Waals surface area contributed by atoms with Gasteiger partial charge in [0.05, 0.1) is 27.3 Å². The molecule has 1 atom stereocenters. The van der Waals surface area contributed by atoms with E-state index in [1.165, 1.54) is 4.68 Å². The van der Waals surface area contributed by atoms with Crippen LogP contribution in [0.2, 0.25) is 0 Å². The van der Waals surface area contributed by atoms with Crippen LogP contribution < -0.4 is 10.3 Å². The summed E-state index contributed by atoms with van der Waals surface area (Å²) in [6, 6.07) is 11.4. The molecule has 146 valence electrons. The van der Waals surface area contributed by atoms with Gasteiger partial charge < -0.3 is 4.74 Å². The van der Waals surface area contributed by atoms with Crippen LogP contribution in [-0.4, -0.2) is 22.5 Å². The van der Waals surface area contributed by atoms with Gasteiger partial charge in [0.2, 0.25) is 0 Å². The molecule has 0 amide bonds. The van der Waals surface area contributed by atoms with Gasteiger partial charge in [-0.3, -0.25) is 4.79 Å². The van der Waals surface area contributed by atoms with Crippen LogP contribution in [0.25, 0.3) is 10.9 Å². The molecule has 0 radical (unpaired) electrons. The molecule has 0 fully saturated rings. The van der Waals surface area contributed by atoms with E-state index >= 15 is 0 Å². The number of hydrogen-bond donors (Lipinski definition) is 0. The predicted octanol–water partition coefficient (Wildman–Crippen LogP) is 5.56. The number of halogens is 2. The molecule has 3 aromatic rings. The lowest BCUT2D eigenvalue weighted by molar-refractivity contribution is 0.338. The lowest BCUT2D eigenvalue weighted by Gasteiger charge is -2.14. The molecule has 0 bridgehead atoms. The SMILES string of the molecule is CCOc1ccc(C=Nn2c([C@@H](C)CC)nc3ccc(Br)cc3c2=O)cc1I. The van der Waals surface area contributed by atoms with Gasteiger partial charge in [0, 0.05) is 10.4 Å². The Labute approximate surface area is 186 Å². The quantitative estimate of drug-likeness (QED) is 0.297. The van der Waals surface area contributed by atoms with Crippen LogP contribution in [-0.2, 0) is 0 Å². The highest BCUT2D eigenvalue weighted by Gasteiger charge is 2.15. The fraction of sp³-hybridized carbons (Fsp3) is 0.286. The molecule has 0 aliphatic rings. The summed E-state index contributed by atoms with van der Waals surface area (Å²) in [6.45, 7) is 6.71. The third-order valence-corrected chi connectivity index (χ3v) is 5.80. The van der Waals surface area contributed by atoms with Gasteiger partial charge >= 0.3 is 0 Å². The first-order valence-corrected chi connectivity index (χ1v) is 11.0. The number of aromatic nitrogens is 2. The first-order valence-electron chi connectivity index (χ1n) is 9.13. The molecule has 0 unspecified atom stereocenters. The van der Waals surface area contributed by atoms with Gasteiger partial charge in [0.25, 0.3) is 5.56 Å². The van der Waals surface area contributed by atoms with Gasteiger partial charge in [-0.2, -0.15) is 9.78 Å². The number of nitrogens with zero attached hydrogens (tertiary/aromatic N) is 3. The normalized spacial score (nSPS) is 12.6. The molecule has 2 aromatic carbocycles. The second kappa shape index (κ2) is 9.17. The van der Waals surface area contributed by atoms with Crippen LogP contribution in [0.5, 0.6) is 5.75 Å². The van der Waals surface area contributed by atoms with Gasteiger partial charge in [0.1, 0.15) is 11.6 Å². The first kappa shape index (κ1) is 21.0. The number of rotatable bonds is 6. The molecular formula is C21H21BrIN3O2. The number of ether oxygens (including phenoxy) is 1. The number of hydrogen-bond acceptors (Lipinski definition) is 4. The van der Waals surface area contributed by atoms with Crippen molar-refractivity contribution in [2.45, 2.75) is 33.1 Å².